The molecule has 0 fully saturated rings. The van der Waals surface area contributed by atoms with Crippen LogP contribution < -0.4 is 5.32 Å². The second-order valence-electron chi connectivity index (χ2n) is 5.12. The van der Waals surface area contributed by atoms with Gasteiger partial charge < -0.3 is 5.32 Å². The zero-order valence-electron chi connectivity index (χ0n) is 12.1. The van der Waals surface area contributed by atoms with E-state index < -0.39 is 0 Å². The normalized spacial score (nSPS) is 11.4. The minimum atomic E-state index is 0.497. The molecule has 108 valence electrons. The first-order valence-corrected chi connectivity index (χ1v) is 7.81. The molecule has 1 N–H and O–H groups in total. The monoisotopic (exact) mass is 299 g/mol. The van der Waals surface area contributed by atoms with Gasteiger partial charge in [-0.15, -0.1) is 10.2 Å². The maximum absolute atomic E-state index is 4.33. The molecule has 1 aromatic carbocycles. The van der Waals surface area contributed by atoms with Crippen LogP contribution in [0.5, 0.6) is 0 Å². The van der Waals surface area contributed by atoms with Crippen LogP contribution in [-0.4, -0.2) is 32.8 Å². The predicted octanol–water partition coefficient (Wildman–Crippen LogP) is 2.69. The lowest BCUT2D eigenvalue weighted by atomic mass is 10.2. The summed E-state index contributed by atoms with van der Waals surface area (Å²) in [7, 11) is 0. The summed E-state index contributed by atoms with van der Waals surface area (Å²) >= 11 is 1.64. The van der Waals surface area contributed by atoms with Gasteiger partial charge in [-0.3, -0.25) is 9.97 Å². The third kappa shape index (κ3) is 3.40. The molecule has 3 aromatic rings. The highest BCUT2D eigenvalue weighted by atomic mass is 32.1. The van der Waals surface area contributed by atoms with Gasteiger partial charge in [0, 0.05) is 37.0 Å². The van der Waals surface area contributed by atoms with Crippen LogP contribution in [0.4, 0.5) is 0 Å². The Bertz CT molecular complexity index is 738. The Balaban J connectivity index is 1.77. The van der Waals surface area contributed by atoms with Crippen LogP contribution in [0, 0.1) is 0 Å². The van der Waals surface area contributed by atoms with Gasteiger partial charge >= 0.3 is 0 Å². The van der Waals surface area contributed by atoms with Crippen molar-refractivity contribution in [2.24, 2.45) is 0 Å². The Morgan fingerprint density at radius 2 is 1.90 bits per heavy atom. The molecule has 0 atom stereocenters. The number of benzene rings is 1. The van der Waals surface area contributed by atoms with E-state index in [9.17, 15) is 0 Å². The summed E-state index contributed by atoms with van der Waals surface area (Å²) < 4.78 is 0. The minimum Gasteiger partial charge on any atom is -0.314 e. The highest BCUT2D eigenvalue weighted by Gasteiger charge is 2.08. The molecule has 0 saturated heterocycles. The molecule has 0 aliphatic rings. The SMILES string of the molecule is CC(C)NCCc1nnc(-c2ccc3nccnc3c2)s1. The van der Waals surface area contributed by atoms with Crippen molar-refractivity contribution in [2.45, 2.75) is 26.3 Å². The van der Waals surface area contributed by atoms with Crippen LogP contribution in [-0.2, 0) is 6.42 Å². The van der Waals surface area contributed by atoms with Crippen molar-refractivity contribution in [2.75, 3.05) is 6.54 Å². The fourth-order valence-corrected chi connectivity index (χ4v) is 2.87. The molecule has 5 nitrogen and oxygen atoms in total. The summed E-state index contributed by atoms with van der Waals surface area (Å²) in [5.41, 5.74) is 2.82. The van der Waals surface area contributed by atoms with Gasteiger partial charge in [0.15, 0.2) is 0 Å². The smallest absolute Gasteiger partial charge is 0.147 e. The molecule has 0 aliphatic carbocycles. The summed E-state index contributed by atoms with van der Waals surface area (Å²) in [5.74, 6) is 0. The highest BCUT2D eigenvalue weighted by Crippen LogP contribution is 2.25. The summed E-state index contributed by atoms with van der Waals surface area (Å²) in [6.07, 6.45) is 4.31. The molecule has 21 heavy (non-hydrogen) atoms. The quantitative estimate of drug-likeness (QED) is 0.784. The lowest BCUT2D eigenvalue weighted by Crippen LogP contribution is -2.24. The number of aromatic nitrogens is 4. The van der Waals surface area contributed by atoms with Gasteiger partial charge in [0.05, 0.1) is 11.0 Å². The molecule has 0 bridgehead atoms. The molecule has 3 rings (SSSR count). The van der Waals surface area contributed by atoms with Crippen molar-refractivity contribution in [1.82, 2.24) is 25.5 Å². The first-order valence-electron chi connectivity index (χ1n) is 6.99. The van der Waals surface area contributed by atoms with Crippen LogP contribution >= 0.6 is 11.3 Å². The average Bonchev–Trinajstić information content (AvgIpc) is 2.95. The van der Waals surface area contributed by atoms with E-state index in [1.165, 1.54) is 0 Å². The minimum absolute atomic E-state index is 0.497. The fraction of sp³-hybridized carbons (Fsp3) is 0.333. The van der Waals surface area contributed by atoms with E-state index in [2.05, 4.69) is 39.3 Å². The van der Waals surface area contributed by atoms with Gasteiger partial charge in [0.1, 0.15) is 10.0 Å². The zero-order chi connectivity index (χ0) is 14.7. The molecule has 0 aliphatic heterocycles. The van der Waals surface area contributed by atoms with Crippen molar-refractivity contribution in [1.29, 1.82) is 0 Å². The number of fused-ring (bicyclic) bond motifs is 1. The topological polar surface area (TPSA) is 63.6 Å². The standard InChI is InChI=1S/C15H17N5S/c1-10(2)16-6-5-14-19-20-15(21-14)11-3-4-12-13(9-11)18-8-7-17-12/h3-4,7-10,16H,5-6H2,1-2H3. The average molecular weight is 299 g/mol. The Morgan fingerprint density at radius 3 is 2.71 bits per heavy atom. The maximum Gasteiger partial charge on any atom is 0.147 e. The van der Waals surface area contributed by atoms with E-state index in [4.69, 9.17) is 0 Å². The molecule has 6 heteroatoms. The molecular formula is C15H17N5S. The Labute approximate surface area is 127 Å². The van der Waals surface area contributed by atoms with Crippen molar-refractivity contribution in [3.8, 4) is 10.6 Å². The first-order chi connectivity index (χ1) is 10.2. The second kappa shape index (κ2) is 6.24. The van der Waals surface area contributed by atoms with Crippen LogP contribution in [0.1, 0.15) is 18.9 Å². The lowest BCUT2D eigenvalue weighted by molar-refractivity contribution is 0.588. The van der Waals surface area contributed by atoms with Gasteiger partial charge in [0.2, 0.25) is 0 Å². The van der Waals surface area contributed by atoms with Gasteiger partial charge in [-0.2, -0.15) is 0 Å². The molecule has 2 aromatic heterocycles. The first kappa shape index (κ1) is 14.0. The molecule has 0 radical (unpaired) electrons. The fourth-order valence-electron chi connectivity index (χ4n) is 2.04. The summed E-state index contributed by atoms with van der Waals surface area (Å²) in [4.78, 5) is 8.60. The van der Waals surface area contributed by atoms with Gasteiger partial charge in [0.25, 0.3) is 0 Å². The number of hydrogen-bond acceptors (Lipinski definition) is 6. The number of nitrogens with zero attached hydrogens (tertiary/aromatic N) is 4. The van der Waals surface area contributed by atoms with E-state index in [1.807, 2.05) is 18.2 Å². The Hall–Kier alpha value is -1.92. The molecular weight excluding hydrogens is 282 g/mol. The number of rotatable bonds is 5. The summed E-state index contributed by atoms with van der Waals surface area (Å²) in [6.45, 7) is 5.21. The molecule has 0 amide bonds. The summed E-state index contributed by atoms with van der Waals surface area (Å²) in [6, 6.07) is 6.50. The third-order valence-electron chi connectivity index (χ3n) is 3.07. The van der Waals surface area contributed by atoms with Crippen molar-refractivity contribution >= 4 is 22.4 Å². The van der Waals surface area contributed by atoms with E-state index in [-0.39, 0.29) is 0 Å². The van der Waals surface area contributed by atoms with Crippen molar-refractivity contribution in [3.63, 3.8) is 0 Å². The maximum atomic E-state index is 4.33. The summed E-state index contributed by atoms with van der Waals surface area (Å²) in [5, 5.41) is 13.9. The van der Waals surface area contributed by atoms with E-state index in [1.54, 1.807) is 23.7 Å². The zero-order valence-corrected chi connectivity index (χ0v) is 12.9. The predicted molar refractivity (Wildman–Crippen MR) is 85.3 cm³/mol. The molecule has 0 spiro atoms. The number of hydrogen-bond donors (Lipinski definition) is 1. The van der Waals surface area contributed by atoms with Crippen LogP contribution in [0.2, 0.25) is 0 Å². The van der Waals surface area contributed by atoms with E-state index >= 15 is 0 Å². The lowest BCUT2D eigenvalue weighted by Gasteiger charge is -2.05. The van der Waals surface area contributed by atoms with E-state index in [0.717, 1.165) is 39.6 Å². The second-order valence-corrected chi connectivity index (χ2v) is 6.18. The largest absolute Gasteiger partial charge is 0.314 e. The van der Waals surface area contributed by atoms with Gasteiger partial charge in [-0.1, -0.05) is 25.2 Å². The van der Waals surface area contributed by atoms with Gasteiger partial charge in [-0.25, -0.2) is 0 Å². The molecule has 0 unspecified atom stereocenters. The highest BCUT2D eigenvalue weighted by molar-refractivity contribution is 7.14. The van der Waals surface area contributed by atoms with Crippen LogP contribution in [0.15, 0.2) is 30.6 Å². The van der Waals surface area contributed by atoms with Crippen LogP contribution in [0.25, 0.3) is 21.6 Å². The van der Waals surface area contributed by atoms with E-state index in [0.29, 0.717) is 6.04 Å². The number of nitrogens with one attached hydrogen (secondary N) is 1. The Kier molecular flexibility index (Phi) is 4.17. The Morgan fingerprint density at radius 1 is 1.10 bits per heavy atom. The van der Waals surface area contributed by atoms with Crippen LogP contribution in [0.3, 0.4) is 0 Å². The molecule has 0 saturated carbocycles. The van der Waals surface area contributed by atoms with Crippen molar-refractivity contribution < 1.29 is 0 Å². The van der Waals surface area contributed by atoms with Crippen molar-refractivity contribution in [3.05, 3.63) is 35.6 Å². The third-order valence-corrected chi connectivity index (χ3v) is 4.11. The molecule has 2 heterocycles. The van der Waals surface area contributed by atoms with Gasteiger partial charge in [-0.05, 0) is 18.2 Å².